The van der Waals surface area contributed by atoms with E-state index in [1.807, 2.05) is 98.8 Å². The molecule has 0 fully saturated rings. The van der Waals surface area contributed by atoms with Gasteiger partial charge in [0.05, 0.1) is 11.2 Å². The molecule has 0 heterocycles. The van der Waals surface area contributed by atoms with Crippen molar-refractivity contribution in [2.45, 2.75) is 77.4 Å². The molecule has 0 saturated heterocycles. The summed E-state index contributed by atoms with van der Waals surface area (Å²) in [5.41, 5.74) is -1.74. The van der Waals surface area contributed by atoms with Crippen LogP contribution in [0.3, 0.4) is 0 Å². The molecule has 0 spiro atoms. The van der Waals surface area contributed by atoms with Gasteiger partial charge in [-0.2, -0.15) is 0 Å². The largest absolute Gasteiger partial charge is 0.388 e. The first kappa shape index (κ1) is 32.2. The second kappa shape index (κ2) is 13.7. The van der Waals surface area contributed by atoms with Crippen molar-refractivity contribution in [3.63, 3.8) is 0 Å². The SMILES string of the molecule is CCCC(CCC)(C(=O)NCC(C)(O)Cc1cccc2ccccc12)C(=O)NCC(C)(O)Cc1cccc2ccccc12. The molecule has 0 saturated carbocycles. The van der Waals surface area contributed by atoms with Crippen molar-refractivity contribution in [1.29, 1.82) is 0 Å². The van der Waals surface area contributed by atoms with Crippen molar-refractivity contribution >= 4 is 33.4 Å². The van der Waals surface area contributed by atoms with Crippen LogP contribution < -0.4 is 10.6 Å². The van der Waals surface area contributed by atoms with Crippen LogP contribution in [0.5, 0.6) is 0 Å². The van der Waals surface area contributed by atoms with Crippen molar-refractivity contribution in [3.8, 4) is 0 Å². The zero-order chi connectivity index (χ0) is 31.1. The van der Waals surface area contributed by atoms with Crippen molar-refractivity contribution in [2.24, 2.45) is 5.41 Å². The number of carbonyl (C=O) groups is 2. The van der Waals surface area contributed by atoms with E-state index in [9.17, 15) is 19.8 Å². The molecule has 6 nitrogen and oxygen atoms in total. The predicted molar refractivity (Wildman–Crippen MR) is 175 cm³/mol. The minimum absolute atomic E-state index is 0.0102. The van der Waals surface area contributed by atoms with Crippen LogP contribution in [0.1, 0.15) is 64.5 Å². The number of hydrogen-bond acceptors (Lipinski definition) is 4. The highest BCUT2D eigenvalue weighted by Gasteiger charge is 2.45. The summed E-state index contributed by atoms with van der Waals surface area (Å²) in [6, 6.07) is 28.1. The van der Waals surface area contributed by atoms with Crippen LogP contribution in [-0.2, 0) is 22.4 Å². The molecule has 2 unspecified atom stereocenters. The lowest BCUT2D eigenvalue weighted by molar-refractivity contribution is -0.146. The Hall–Kier alpha value is -3.74. The van der Waals surface area contributed by atoms with Gasteiger partial charge in [-0.3, -0.25) is 9.59 Å². The summed E-state index contributed by atoms with van der Waals surface area (Å²) < 4.78 is 0. The minimum Gasteiger partial charge on any atom is -0.388 e. The topological polar surface area (TPSA) is 98.7 Å². The molecule has 4 N–H and O–H groups in total. The first-order valence-corrected chi connectivity index (χ1v) is 15.4. The molecular formula is C37H46N2O4. The first-order chi connectivity index (χ1) is 20.5. The number of carbonyl (C=O) groups excluding carboxylic acids is 2. The van der Waals surface area contributed by atoms with Crippen LogP contribution in [0.2, 0.25) is 0 Å². The molecule has 0 aliphatic heterocycles. The third-order valence-corrected chi connectivity index (χ3v) is 8.38. The highest BCUT2D eigenvalue weighted by atomic mass is 16.3. The molecule has 2 amide bonds. The Morgan fingerprint density at radius 1 is 0.605 bits per heavy atom. The second-order valence-corrected chi connectivity index (χ2v) is 12.6. The number of hydrogen-bond donors (Lipinski definition) is 4. The molecule has 2 atom stereocenters. The van der Waals surface area contributed by atoms with E-state index >= 15 is 0 Å². The van der Waals surface area contributed by atoms with E-state index in [1.54, 1.807) is 13.8 Å². The van der Waals surface area contributed by atoms with Gasteiger partial charge in [-0.25, -0.2) is 0 Å². The molecule has 0 aliphatic rings. The third-order valence-electron chi connectivity index (χ3n) is 8.38. The lowest BCUT2D eigenvalue weighted by Gasteiger charge is -2.34. The summed E-state index contributed by atoms with van der Waals surface area (Å²) in [5, 5.41) is 32.8. The van der Waals surface area contributed by atoms with Gasteiger partial charge in [0, 0.05) is 25.9 Å². The molecular weight excluding hydrogens is 536 g/mol. The number of nitrogens with one attached hydrogen (secondary N) is 2. The quantitative estimate of drug-likeness (QED) is 0.135. The summed E-state index contributed by atoms with van der Waals surface area (Å²) in [4.78, 5) is 27.6. The fourth-order valence-electron chi connectivity index (χ4n) is 6.25. The Bertz CT molecular complexity index is 1430. The zero-order valence-electron chi connectivity index (χ0n) is 26.0. The number of benzene rings is 4. The Labute approximate surface area is 255 Å². The fourth-order valence-corrected chi connectivity index (χ4v) is 6.25. The Morgan fingerprint density at radius 3 is 1.37 bits per heavy atom. The summed E-state index contributed by atoms with van der Waals surface area (Å²) in [5.74, 6) is -0.777. The first-order valence-electron chi connectivity index (χ1n) is 15.4. The highest BCUT2D eigenvalue weighted by molar-refractivity contribution is 6.05. The molecule has 0 aliphatic carbocycles. The molecule has 228 valence electrons. The van der Waals surface area contributed by atoms with Gasteiger partial charge in [0.25, 0.3) is 0 Å². The van der Waals surface area contributed by atoms with Crippen LogP contribution in [-0.4, -0.2) is 46.3 Å². The van der Waals surface area contributed by atoms with Gasteiger partial charge in [-0.1, -0.05) is 112 Å². The average molecular weight is 583 g/mol. The minimum atomic E-state index is -1.30. The van der Waals surface area contributed by atoms with Gasteiger partial charge in [0.1, 0.15) is 5.41 Å². The van der Waals surface area contributed by atoms with Crippen LogP contribution in [0.4, 0.5) is 0 Å². The molecule has 4 rings (SSSR count). The molecule has 4 aromatic carbocycles. The van der Waals surface area contributed by atoms with Crippen molar-refractivity contribution in [3.05, 3.63) is 96.1 Å². The number of amides is 2. The second-order valence-electron chi connectivity index (χ2n) is 12.6. The van der Waals surface area contributed by atoms with E-state index in [4.69, 9.17) is 0 Å². The maximum absolute atomic E-state index is 13.8. The molecule has 6 heteroatoms. The van der Waals surface area contributed by atoms with Gasteiger partial charge < -0.3 is 20.8 Å². The predicted octanol–water partition coefficient (Wildman–Crippen LogP) is 6.10. The Balaban J connectivity index is 1.45. The summed E-state index contributed by atoms with van der Waals surface area (Å²) in [6.45, 7) is 7.35. The van der Waals surface area contributed by atoms with E-state index < -0.39 is 16.6 Å². The van der Waals surface area contributed by atoms with Crippen LogP contribution >= 0.6 is 0 Å². The summed E-state index contributed by atoms with van der Waals surface area (Å²) in [7, 11) is 0. The molecule has 4 aromatic rings. The van der Waals surface area contributed by atoms with E-state index in [0.717, 1.165) is 32.7 Å². The number of aliphatic hydroxyl groups is 2. The molecule has 43 heavy (non-hydrogen) atoms. The Morgan fingerprint density at radius 2 is 0.977 bits per heavy atom. The Kier molecular flexibility index (Phi) is 10.3. The van der Waals surface area contributed by atoms with Crippen LogP contribution in [0.15, 0.2) is 84.9 Å². The van der Waals surface area contributed by atoms with Crippen LogP contribution in [0, 0.1) is 5.41 Å². The van der Waals surface area contributed by atoms with Crippen molar-refractivity contribution < 1.29 is 19.8 Å². The highest BCUT2D eigenvalue weighted by Crippen LogP contribution is 2.32. The smallest absolute Gasteiger partial charge is 0.235 e. The third kappa shape index (κ3) is 7.81. The van der Waals surface area contributed by atoms with Crippen LogP contribution in [0.25, 0.3) is 21.5 Å². The van der Waals surface area contributed by atoms with E-state index in [2.05, 4.69) is 10.6 Å². The maximum Gasteiger partial charge on any atom is 0.235 e. The van der Waals surface area contributed by atoms with Gasteiger partial charge >= 0.3 is 0 Å². The monoisotopic (exact) mass is 582 g/mol. The summed E-state index contributed by atoms with van der Waals surface area (Å²) >= 11 is 0. The summed E-state index contributed by atoms with van der Waals surface area (Å²) in [6.07, 6.45) is 2.73. The lowest BCUT2D eigenvalue weighted by atomic mass is 9.77. The van der Waals surface area contributed by atoms with Gasteiger partial charge in [-0.15, -0.1) is 0 Å². The normalized spacial score (nSPS) is 14.7. The lowest BCUT2D eigenvalue weighted by Crippen LogP contribution is -2.56. The molecule has 0 radical (unpaired) electrons. The maximum atomic E-state index is 13.8. The molecule has 0 bridgehead atoms. The number of fused-ring (bicyclic) bond motifs is 2. The number of rotatable bonds is 14. The van der Waals surface area contributed by atoms with Crippen molar-refractivity contribution in [1.82, 2.24) is 10.6 Å². The van der Waals surface area contributed by atoms with Gasteiger partial charge in [-0.05, 0) is 59.4 Å². The van der Waals surface area contributed by atoms with Gasteiger partial charge in [0.2, 0.25) is 11.8 Å². The molecule has 0 aromatic heterocycles. The average Bonchev–Trinajstić information content (AvgIpc) is 2.98. The van der Waals surface area contributed by atoms with E-state index in [-0.39, 0.29) is 24.9 Å². The van der Waals surface area contributed by atoms with Gasteiger partial charge in [0.15, 0.2) is 0 Å². The van der Waals surface area contributed by atoms with Crippen molar-refractivity contribution in [2.75, 3.05) is 13.1 Å². The zero-order valence-corrected chi connectivity index (χ0v) is 26.0. The van der Waals surface area contributed by atoms with E-state index in [1.165, 1.54) is 0 Å². The fraction of sp³-hybridized carbons (Fsp3) is 0.405. The van der Waals surface area contributed by atoms with E-state index in [0.29, 0.717) is 38.5 Å². The standard InChI is InChI=1S/C37H46N2O4/c1-5-21-37(22-6-2,33(40)38-25-35(3,42)23-29-17-11-15-27-13-7-9-19-31(27)29)34(41)39-26-36(4,43)24-30-18-12-16-28-14-8-10-20-32(28)30/h7-20,42-43H,5-6,21-26H2,1-4H3,(H,38,40)(H,39,41).